The van der Waals surface area contributed by atoms with E-state index < -0.39 is 0 Å². The second-order valence-corrected chi connectivity index (χ2v) is 5.74. The van der Waals surface area contributed by atoms with E-state index in [0.29, 0.717) is 31.3 Å². The van der Waals surface area contributed by atoms with E-state index in [1.807, 2.05) is 6.92 Å². The molecular formula is C17H24FN5O2. The Labute approximate surface area is 146 Å². The van der Waals surface area contributed by atoms with E-state index in [9.17, 15) is 14.0 Å². The summed E-state index contributed by atoms with van der Waals surface area (Å²) in [5.41, 5.74) is 0.516. The first-order chi connectivity index (χ1) is 12.1. The van der Waals surface area contributed by atoms with Gasteiger partial charge in [0.2, 0.25) is 11.8 Å². The van der Waals surface area contributed by atoms with Crippen LogP contribution in [0.15, 0.2) is 29.3 Å². The third-order valence-electron chi connectivity index (χ3n) is 3.52. The molecule has 0 radical (unpaired) electrons. The summed E-state index contributed by atoms with van der Waals surface area (Å²) in [5, 5.41) is 11.6. The lowest BCUT2D eigenvalue weighted by Crippen LogP contribution is -2.42. The van der Waals surface area contributed by atoms with Crippen LogP contribution in [0, 0.1) is 11.7 Å². The summed E-state index contributed by atoms with van der Waals surface area (Å²) in [6, 6.07) is 5.53. The van der Waals surface area contributed by atoms with Gasteiger partial charge in [-0.05, 0) is 44.0 Å². The van der Waals surface area contributed by atoms with Gasteiger partial charge < -0.3 is 21.3 Å². The lowest BCUT2D eigenvalue weighted by atomic mass is 10.3. The topological polar surface area (TPSA) is 94.6 Å². The average molecular weight is 349 g/mol. The number of hydrogen-bond donors (Lipinski definition) is 4. The number of nitrogens with zero attached hydrogens (tertiary/aromatic N) is 1. The molecule has 7 nitrogen and oxygen atoms in total. The Morgan fingerprint density at radius 1 is 1.12 bits per heavy atom. The van der Waals surface area contributed by atoms with E-state index in [-0.39, 0.29) is 30.1 Å². The molecule has 4 N–H and O–H groups in total. The van der Waals surface area contributed by atoms with Gasteiger partial charge in [0, 0.05) is 31.2 Å². The number of nitrogens with one attached hydrogen (secondary N) is 4. The predicted molar refractivity (Wildman–Crippen MR) is 94.7 cm³/mol. The zero-order valence-corrected chi connectivity index (χ0v) is 14.3. The van der Waals surface area contributed by atoms with Crippen LogP contribution in [0.1, 0.15) is 19.8 Å². The number of carbonyl (C=O) groups excluding carboxylic acids is 2. The molecule has 25 heavy (non-hydrogen) atoms. The van der Waals surface area contributed by atoms with Crippen LogP contribution >= 0.6 is 0 Å². The van der Waals surface area contributed by atoms with Crippen molar-refractivity contribution in [3.63, 3.8) is 0 Å². The number of hydrogen-bond acceptors (Lipinski definition) is 3. The zero-order valence-electron chi connectivity index (χ0n) is 14.3. The lowest BCUT2D eigenvalue weighted by molar-refractivity contribution is -0.122. The SMILES string of the molecule is CCNC(=NCC(=O)Nc1ccc(F)cc1)NCCNC(=O)C1CC1. The predicted octanol–water partition coefficient (Wildman–Crippen LogP) is 0.845. The summed E-state index contributed by atoms with van der Waals surface area (Å²) in [6.45, 7) is 3.52. The van der Waals surface area contributed by atoms with Crippen molar-refractivity contribution in [2.45, 2.75) is 19.8 Å². The number of benzene rings is 1. The highest BCUT2D eigenvalue weighted by molar-refractivity contribution is 5.94. The number of carbonyl (C=O) groups is 2. The molecule has 0 aromatic heterocycles. The van der Waals surface area contributed by atoms with Crippen molar-refractivity contribution >= 4 is 23.5 Å². The molecule has 0 atom stereocenters. The van der Waals surface area contributed by atoms with Crippen LogP contribution in [0.5, 0.6) is 0 Å². The molecule has 0 heterocycles. The van der Waals surface area contributed by atoms with Gasteiger partial charge in [-0.15, -0.1) is 0 Å². The van der Waals surface area contributed by atoms with Crippen molar-refractivity contribution in [2.24, 2.45) is 10.9 Å². The molecule has 136 valence electrons. The van der Waals surface area contributed by atoms with E-state index in [2.05, 4.69) is 26.3 Å². The maximum Gasteiger partial charge on any atom is 0.246 e. The minimum atomic E-state index is -0.358. The number of anilines is 1. The van der Waals surface area contributed by atoms with Gasteiger partial charge in [-0.3, -0.25) is 9.59 Å². The molecule has 2 amide bonds. The molecule has 1 aliphatic rings. The Bertz CT molecular complexity index is 614. The summed E-state index contributed by atoms with van der Waals surface area (Å²) in [6.07, 6.45) is 1.96. The van der Waals surface area contributed by atoms with Gasteiger partial charge in [0.25, 0.3) is 0 Å². The number of amides is 2. The molecular weight excluding hydrogens is 325 g/mol. The van der Waals surface area contributed by atoms with Gasteiger partial charge in [-0.1, -0.05) is 0 Å². The normalized spacial score (nSPS) is 13.9. The Kier molecular flexibility index (Phi) is 7.18. The van der Waals surface area contributed by atoms with Crippen molar-refractivity contribution in [3.05, 3.63) is 30.1 Å². The highest BCUT2D eigenvalue weighted by atomic mass is 19.1. The monoisotopic (exact) mass is 349 g/mol. The van der Waals surface area contributed by atoms with Gasteiger partial charge in [-0.25, -0.2) is 9.38 Å². The number of guanidine groups is 1. The van der Waals surface area contributed by atoms with Crippen molar-refractivity contribution in [1.82, 2.24) is 16.0 Å². The summed E-state index contributed by atoms with van der Waals surface area (Å²) in [7, 11) is 0. The smallest absolute Gasteiger partial charge is 0.246 e. The average Bonchev–Trinajstić information content (AvgIpc) is 3.43. The highest BCUT2D eigenvalue weighted by Gasteiger charge is 2.28. The first-order valence-corrected chi connectivity index (χ1v) is 8.43. The molecule has 0 unspecified atom stereocenters. The Hall–Kier alpha value is -2.64. The zero-order chi connectivity index (χ0) is 18.1. The third kappa shape index (κ3) is 7.19. The Balaban J connectivity index is 1.72. The second kappa shape index (κ2) is 9.61. The quantitative estimate of drug-likeness (QED) is 0.318. The van der Waals surface area contributed by atoms with Crippen molar-refractivity contribution in [2.75, 3.05) is 31.5 Å². The summed E-state index contributed by atoms with van der Waals surface area (Å²) in [5.74, 6) is 0.131. The molecule has 1 aromatic rings. The van der Waals surface area contributed by atoms with Gasteiger partial charge in [0.15, 0.2) is 5.96 Å². The molecule has 1 fully saturated rings. The summed E-state index contributed by atoms with van der Waals surface area (Å²) < 4.78 is 12.8. The van der Waals surface area contributed by atoms with E-state index >= 15 is 0 Å². The molecule has 0 bridgehead atoms. The fraction of sp³-hybridized carbons (Fsp3) is 0.471. The first kappa shape index (κ1) is 18.7. The van der Waals surface area contributed by atoms with Crippen LogP contribution in [-0.2, 0) is 9.59 Å². The molecule has 1 aliphatic carbocycles. The van der Waals surface area contributed by atoms with E-state index in [0.717, 1.165) is 12.8 Å². The minimum Gasteiger partial charge on any atom is -0.357 e. The minimum absolute atomic E-state index is 0.0683. The van der Waals surface area contributed by atoms with E-state index in [1.54, 1.807) is 0 Å². The van der Waals surface area contributed by atoms with Crippen molar-refractivity contribution in [1.29, 1.82) is 0 Å². The van der Waals surface area contributed by atoms with Gasteiger partial charge in [-0.2, -0.15) is 0 Å². The van der Waals surface area contributed by atoms with Crippen LogP contribution in [-0.4, -0.2) is 44.0 Å². The van der Waals surface area contributed by atoms with Gasteiger partial charge in [0.05, 0.1) is 0 Å². The van der Waals surface area contributed by atoms with E-state index in [1.165, 1.54) is 24.3 Å². The van der Waals surface area contributed by atoms with Crippen molar-refractivity contribution in [3.8, 4) is 0 Å². The van der Waals surface area contributed by atoms with Crippen LogP contribution < -0.4 is 21.3 Å². The fourth-order valence-electron chi connectivity index (χ4n) is 2.08. The molecule has 1 aromatic carbocycles. The van der Waals surface area contributed by atoms with Gasteiger partial charge in [0.1, 0.15) is 12.4 Å². The van der Waals surface area contributed by atoms with Crippen LogP contribution in [0.3, 0.4) is 0 Å². The third-order valence-corrected chi connectivity index (χ3v) is 3.52. The largest absolute Gasteiger partial charge is 0.357 e. The molecule has 1 saturated carbocycles. The Morgan fingerprint density at radius 3 is 2.44 bits per heavy atom. The number of rotatable bonds is 8. The maximum absolute atomic E-state index is 12.8. The summed E-state index contributed by atoms with van der Waals surface area (Å²) in [4.78, 5) is 27.6. The lowest BCUT2D eigenvalue weighted by Gasteiger charge is -2.12. The molecule has 8 heteroatoms. The number of aliphatic imine (C=N–C) groups is 1. The van der Waals surface area contributed by atoms with E-state index in [4.69, 9.17) is 0 Å². The highest BCUT2D eigenvalue weighted by Crippen LogP contribution is 2.28. The fourth-order valence-corrected chi connectivity index (χ4v) is 2.08. The molecule has 0 spiro atoms. The van der Waals surface area contributed by atoms with Crippen LogP contribution in [0.25, 0.3) is 0 Å². The van der Waals surface area contributed by atoms with Crippen LogP contribution in [0.2, 0.25) is 0 Å². The van der Waals surface area contributed by atoms with Crippen LogP contribution in [0.4, 0.5) is 10.1 Å². The second-order valence-electron chi connectivity index (χ2n) is 5.74. The molecule has 2 rings (SSSR count). The maximum atomic E-state index is 12.8. The standard InChI is InChI=1S/C17H24FN5O2/c1-2-19-17(21-10-9-20-16(25)12-3-4-12)22-11-15(24)23-14-7-5-13(18)6-8-14/h5-8,12H,2-4,9-11H2,1H3,(H,20,25)(H,23,24)(H2,19,21,22). The summed E-state index contributed by atoms with van der Waals surface area (Å²) >= 11 is 0. The number of halogens is 1. The first-order valence-electron chi connectivity index (χ1n) is 8.43. The molecule has 0 aliphatic heterocycles. The van der Waals surface area contributed by atoms with Gasteiger partial charge >= 0.3 is 0 Å². The molecule has 0 saturated heterocycles. The van der Waals surface area contributed by atoms with Crippen molar-refractivity contribution < 1.29 is 14.0 Å². The Morgan fingerprint density at radius 2 is 1.80 bits per heavy atom.